The van der Waals surface area contributed by atoms with E-state index in [0.29, 0.717) is 71.4 Å². The molecule has 11 nitrogen and oxygen atoms in total. The van der Waals surface area contributed by atoms with Gasteiger partial charge in [-0.1, -0.05) is 86.3 Å². The monoisotopic (exact) mass is 690 g/mol. The van der Waals surface area contributed by atoms with Crippen LogP contribution < -0.4 is 10.6 Å². The summed E-state index contributed by atoms with van der Waals surface area (Å²) in [4.78, 5) is 56.5. The molecule has 0 aliphatic carbocycles. The predicted octanol–water partition coefficient (Wildman–Crippen LogP) is 5.50. The molecule has 2 aliphatic rings. The second-order valence-corrected chi connectivity index (χ2v) is 13.6. The van der Waals surface area contributed by atoms with Gasteiger partial charge in [-0.3, -0.25) is 9.59 Å². The van der Waals surface area contributed by atoms with Gasteiger partial charge in [-0.05, 0) is 56.1 Å². The van der Waals surface area contributed by atoms with Crippen LogP contribution in [0.1, 0.15) is 102 Å². The average molecular weight is 691 g/mol. The topological polar surface area (TPSA) is 126 Å². The molecule has 0 saturated carbocycles. The maximum Gasteiger partial charge on any atom is 0.336 e. The molecule has 6 amide bonds. The van der Waals surface area contributed by atoms with E-state index in [1.807, 2.05) is 36.4 Å². The van der Waals surface area contributed by atoms with Crippen molar-refractivity contribution in [2.45, 2.75) is 102 Å². The third-order valence-electron chi connectivity index (χ3n) is 10.1. The molecule has 4 rings (SSSR count). The van der Waals surface area contributed by atoms with E-state index >= 15 is 0 Å². The first-order valence-corrected chi connectivity index (χ1v) is 18.7. The number of carbonyl (C=O) groups is 4. The molecule has 0 aromatic heterocycles. The standard InChI is InChI=1S/C39H58N6O5/c1-31(47)42-26-20-35(21-27-42)44(38(49)40-24-13-5-3-4-6-14-30-46)45(36-22-28-43(29-23-36)32(2)48)39(50)41-25-19-37(33-15-9-7-10-16-33)34-17-11-8-12-18-34/h7-12,15-18,35-37,46H,3-6,13-14,19-30H2,1-2H3,(H,40,49)(H,41,50). The molecule has 0 unspecified atom stereocenters. The van der Waals surface area contributed by atoms with Gasteiger partial charge in [-0.2, -0.15) is 0 Å². The number of likely N-dealkylation sites (tertiary alicyclic amines) is 2. The van der Waals surface area contributed by atoms with Crippen LogP contribution in [0.2, 0.25) is 0 Å². The fourth-order valence-electron chi connectivity index (χ4n) is 7.25. The number of piperidine rings is 2. The highest BCUT2D eigenvalue weighted by Gasteiger charge is 2.40. The van der Waals surface area contributed by atoms with Gasteiger partial charge in [0.05, 0.1) is 12.1 Å². The summed E-state index contributed by atoms with van der Waals surface area (Å²) in [7, 11) is 0. The number of nitrogens with zero attached hydrogens (tertiary/aromatic N) is 4. The Labute approximate surface area is 298 Å². The number of urea groups is 2. The van der Waals surface area contributed by atoms with Gasteiger partial charge >= 0.3 is 12.1 Å². The maximum atomic E-state index is 14.4. The van der Waals surface area contributed by atoms with E-state index < -0.39 is 0 Å². The molecule has 0 radical (unpaired) electrons. The molecule has 11 heteroatoms. The lowest BCUT2D eigenvalue weighted by molar-refractivity contribution is -0.133. The van der Waals surface area contributed by atoms with Crippen molar-refractivity contribution in [3.8, 4) is 0 Å². The van der Waals surface area contributed by atoms with Gasteiger partial charge in [0.1, 0.15) is 0 Å². The predicted molar refractivity (Wildman–Crippen MR) is 195 cm³/mol. The van der Waals surface area contributed by atoms with Gasteiger partial charge in [-0.25, -0.2) is 19.6 Å². The molecule has 2 aliphatic heterocycles. The highest BCUT2D eigenvalue weighted by molar-refractivity contribution is 5.81. The Hall–Kier alpha value is -4.12. The van der Waals surface area contributed by atoms with Crippen molar-refractivity contribution in [1.29, 1.82) is 0 Å². The molecule has 0 bridgehead atoms. The van der Waals surface area contributed by atoms with Crippen molar-refractivity contribution in [1.82, 2.24) is 30.5 Å². The molecule has 3 N–H and O–H groups in total. The number of hydrazine groups is 1. The molecule has 50 heavy (non-hydrogen) atoms. The average Bonchev–Trinajstić information content (AvgIpc) is 3.14. The third-order valence-corrected chi connectivity index (χ3v) is 10.1. The van der Waals surface area contributed by atoms with Gasteiger partial charge < -0.3 is 25.5 Å². The normalized spacial score (nSPS) is 15.5. The van der Waals surface area contributed by atoms with Crippen LogP contribution in [-0.4, -0.2) is 107 Å². The number of aliphatic hydroxyl groups excluding tert-OH is 1. The van der Waals surface area contributed by atoms with Gasteiger partial charge in [0.25, 0.3) is 0 Å². The van der Waals surface area contributed by atoms with E-state index in [9.17, 15) is 19.2 Å². The molecule has 2 saturated heterocycles. The number of carbonyl (C=O) groups excluding carboxylic acids is 4. The number of nitrogens with one attached hydrogen (secondary N) is 2. The van der Waals surface area contributed by atoms with E-state index in [0.717, 1.165) is 38.5 Å². The van der Waals surface area contributed by atoms with Gasteiger partial charge in [0, 0.05) is 65.6 Å². The summed E-state index contributed by atoms with van der Waals surface area (Å²) in [5.41, 5.74) is 2.35. The fourth-order valence-corrected chi connectivity index (χ4v) is 7.25. The number of hydrogen-bond acceptors (Lipinski definition) is 5. The molecule has 2 aromatic rings. The van der Waals surface area contributed by atoms with E-state index in [4.69, 9.17) is 5.11 Å². The van der Waals surface area contributed by atoms with Gasteiger partial charge in [0.2, 0.25) is 11.8 Å². The summed E-state index contributed by atoms with van der Waals surface area (Å²) in [5.74, 6) is 0.106. The lowest BCUT2D eigenvalue weighted by Gasteiger charge is -2.47. The number of rotatable bonds is 15. The van der Waals surface area contributed by atoms with Crippen LogP contribution in [0.15, 0.2) is 60.7 Å². The van der Waals surface area contributed by atoms with Crippen LogP contribution in [0, 0.1) is 0 Å². The Morgan fingerprint density at radius 2 is 1.04 bits per heavy atom. The number of unbranched alkanes of at least 4 members (excludes halogenated alkanes) is 5. The Bertz CT molecular complexity index is 1290. The first-order chi connectivity index (χ1) is 24.3. The lowest BCUT2D eigenvalue weighted by atomic mass is 9.88. The number of amides is 6. The first kappa shape index (κ1) is 38.7. The smallest absolute Gasteiger partial charge is 0.336 e. The summed E-state index contributed by atoms with van der Waals surface area (Å²) < 4.78 is 0. The zero-order valence-corrected chi connectivity index (χ0v) is 30.1. The van der Waals surface area contributed by atoms with Crippen LogP contribution in [0.25, 0.3) is 0 Å². The van der Waals surface area contributed by atoms with Gasteiger partial charge in [-0.15, -0.1) is 0 Å². The Morgan fingerprint density at radius 3 is 1.46 bits per heavy atom. The highest BCUT2D eigenvalue weighted by atomic mass is 16.3. The summed E-state index contributed by atoms with van der Waals surface area (Å²) in [6.45, 7) is 6.32. The summed E-state index contributed by atoms with van der Waals surface area (Å²) in [6.07, 6.45) is 8.65. The van der Waals surface area contributed by atoms with Crippen molar-refractivity contribution >= 4 is 23.9 Å². The van der Waals surface area contributed by atoms with Crippen molar-refractivity contribution in [2.75, 3.05) is 45.9 Å². The molecule has 0 atom stereocenters. The molecule has 0 spiro atoms. The second kappa shape index (κ2) is 20.5. The maximum absolute atomic E-state index is 14.4. The minimum atomic E-state index is -0.320. The first-order valence-electron chi connectivity index (χ1n) is 18.7. The van der Waals surface area contributed by atoms with Crippen molar-refractivity contribution < 1.29 is 24.3 Å². The lowest BCUT2D eigenvalue weighted by Crippen LogP contribution is -2.65. The van der Waals surface area contributed by atoms with Crippen LogP contribution in [0.5, 0.6) is 0 Å². The SMILES string of the molecule is CC(=O)N1CCC(N(C(=O)NCCCCCCCCO)N(C(=O)NCCC(c2ccccc2)c2ccccc2)C2CCN(C(C)=O)CC2)CC1. The summed E-state index contributed by atoms with van der Waals surface area (Å²) in [6, 6.07) is 19.4. The molecule has 2 aromatic carbocycles. The van der Waals surface area contributed by atoms with Crippen molar-refractivity contribution in [2.24, 2.45) is 0 Å². The van der Waals surface area contributed by atoms with E-state index in [2.05, 4.69) is 34.9 Å². The van der Waals surface area contributed by atoms with Crippen LogP contribution in [-0.2, 0) is 9.59 Å². The Balaban J connectivity index is 1.52. The molecule has 274 valence electrons. The number of hydrogen-bond donors (Lipinski definition) is 3. The number of aliphatic hydroxyl groups is 1. The van der Waals surface area contributed by atoms with E-state index in [-0.39, 0.29) is 48.5 Å². The van der Waals surface area contributed by atoms with Crippen LogP contribution in [0.3, 0.4) is 0 Å². The quantitative estimate of drug-likeness (QED) is 0.168. The zero-order chi connectivity index (χ0) is 35.7. The molecular weight excluding hydrogens is 632 g/mol. The summed E-state index contributed by atoms with van der Waals surface area (Å²) in [5, 5.41) is 18.6. The minimum Gasteiger partial charge on any atom is -0.396 e. The van der Waals surface area contributed by atoms with Crippen molar-refractivity contribution in [3.63, 3.8) is 0 Å². The largest absolute Gasteiger partial charge is 0.396 e. The molecule has 2 heterocycles. The summed E-state index contributed by atoms with van der Waals surface area (Å²) >= 11 is 0. The minimum absolute atomic E-state index is 0.00915. The van der Waals surface area contributed by atoms with Gasteiger partial charge in [0.15, 0.2) is 0 Å². The molecular formula is C39H58N6O5. The molecule has 2 fully saturated rings. The van der Waals surface area contributed by atoms with Crippen LogP contribution in [0.4, 0.5) is 9.59 Å². The van der Waals surface area contributed by atoms with Crippen molar-refractivity contribution in [3.05, 3.63) is 71.8 Å². The second-order valence-electron chi connectivity index (χ2n) is 13.6. The zero-order valence-electron chi connectivity index (χ0n) is 30.1. The Kier molecular flexibility index (Phi) is 15.9. The van der Waals surface area contributed by atoms with Crippen LogP contribution >= 0.6 is 0 Å². The fraction of sp³-hybridized carbons (Fsp3) is 0.590. The highest BCUT2D eigenvalue weighted by Crippen LogP contribution is 2.29. The Morgan fingerprint density at radius 1 is 0.640 bits per heavy atom. The van der Waals surface area contributed by atoms with E-state index in [1.165, 1.54) is 11.1 Å². The van der Waals surface area contributed by atoms with E-state index in [1.54, 1.807) is 33.7 Å². The third kappa shape index (κ3) is 11.5. The number of benzene rings is 2.